The summed E-state index contributed by atoms with van der Waals surface area (Å²) >= 11 is 0. The summed E-state index contributed by atoms with van der Waals surface area (Å²) in [4.78, 5) is 37.9. The molecule has 0 unspecified atom stereocenters. The first kappa shape index (κ1) is 24.5. The van der Waals surface area contributed by atoms with E-state index in [1.807, 2.05) is 13.1 Å². The molecule has 2 bridgehead atoms. The number of esters is 2. The average Bonchev–Trinajstić information content (AvgIpc) is 3.19. The van der Waals surface area contributed by atoms with Crippen LogP contribution in [0.2, 0.25) is 0 Å². The molecule has 1 saturated heterocycles. The maximum atomic E-state index is 12.9. The summed E-state index contributed by atoms with van der Waals surface area (Å²) in [6.45, 7) is 2.05. The molecule has 36 heavy (non-hydrogen) atoms. The summed E-state index contributed by atoms with van der Waals surface area (Å²) in [6.07, 6.45) is 0.515. The minimum absolute atomic E-state index is 0.0372. The summed E-state index contributed by atoms with van der Waals surface area (Å²) in [6, 6.07) is 2.05. The number of ether oxygens (including phenoxy) is 3. The van der Waals surface area contributed by atoms with Crippen LogP contribution in [0.15, 0.2) is 24.0 Å². The van der Waals surface area contributed by atoms with E-state index in [4.69, 9.17) is 25.1 Å². The van der Waals surface area contributed by atoms with Crippen molar-refractivity contribution >= 4 is 17.9 Å². The van der Waals surface area contributed by atoms with Crippen LogP contribution in [-0.4, -0.2) is 81.6 Å². The topological polar surface area (TPSA) is 169 Å². The smallest absolute Gasteiger partial charge is 0.352 e. The number of aromatic hydroxyl groups is 1. The maximum Gasteiger partial charge on any atom is 0.352 e. The molecule has 5 rings (SSSR count). The Morgan fingerprint density at radius 3 is 2.81 bits per heavy atom. The summed E-state index contributed by atoms with van der Waals surface area (Å²) in [5.41, 5.74) is 5.07. The Morgan fingerprint density at radius 1 is 1.33 bits per heavy atom. The number of carbonyl (C=O) groups excluding carboxylic acids is 2. The average molecular weight is 503 g/mol. The van der Waals surface area contributed by atoms with Gasteiger partial charge in [-0.05, 0) is 57.5 Å². The summed E-state index contributed by atoms with van der Waals surface area (Å²) < 4.78 is 17.0. The van der Waals surface area contributed by atoms with Crippen LogP contribution in [0.3, 0.4) is 0 Å². The third-order valence-electron chi connectivity index (χ3n) is 8.19. The van der Waals surface area contributed by atoms with E-state index < -0.39 is 47.2 Å². The zero-order chi connectivity index (χ0) is 26.0. The second-order valence-electron chi connectivity index (χ2n) is 10.1. The number of likely N-dealkylation sites (N-methyl/N-ethyl adjacent to an activating group) is 1. The molecule has 1 aromatic rings. The monoisotopic (exact) mass is 502 g/mol. The van der Waals surface area contributed by atoms with Gasteiger partial charge in [-0.3, -0.25) is 9.59 Å². The number of nitrogens with zero attached hydrogens (tertiary/aromatic N) is 1. The quantitative estimate of drug-likeness (QED) is 0.379. The lowest BCUT2D eigenvalue weighted by Gasteiger charge is -2.61. The van der Waals surface area contributed by atoms with Gasteiger partial charge in [0.2, 0.25) is 0 Å². The Morgan fingerprint density at radius 2 is 2.08 bits per heavy atom. The molecule has 5 N–H and O–H groups in total. The molecule has 0 aromatic heterocycles. The fourth-order valence-electron chi connectivity index (χ4n) is 6.34. The van der Waals surface area contributed by atoms with E-state index >= 15 is 0 Å². The molecule has 4 aliphatic rings. The molecule has 0 saturated carbocycles. The lowest BCUT2D eigenvalue weighted by molar-refractivity contribution is -0.175. The third kappa shape index (κ3) is 3.40. The molecule has 0 radical (unpaired) electrons. The molecule has 2 heterocycles. The van der Waals surface area contributed by atoms with Gasteiger partial charge >= 0.3 is 17.9 Å². The lowest BCUT2D eigenvalue weighted by Crippen LogP contribution is -2.74. The number of phenolic OH excluding ortho intramolecular Hbond substituents is 1. The van der Waals surface area contributed by atoms with Crippen molar-refractivity contribution in [3.63, 3.8) is 0 Å². The molecule has 1 aromatic carbocycles. The highest BCUT2D eigenvalue weighted by Crippen LogP contribution is 2.65. The molecule has 1 spiro atoms. The van der Waals surface area contributed by atoms with Crippen LogP contribution in [0.1, 0.15) is 43.7 Å². The second-order valence-corrected chi connectivity index (χ2v) is 10.1. The number of phenols is 1. The van der Waals surface area contributed by atoms with Crippen LogP contribution in [0, 0.1) is 0 Å². The number of hydrogen-bond acceptors (Lipinski definition) is 10. The van der Waals surface area contributed by atoms with Gasteiger partial charge in [-0.15, -0.1) is 0 Å². The normalized spacial score (nSPS) is 31.4. The van der Waals surface area contributed by atoms with E-state index in [2.05, 4.69) is 4.90 Å². The van der Waals surface area contributed by atoms with Crippen LogP contribution in [0.4, 0.5) is 0 Å². The van der Waals surface area contributed by atoms with Gasteiger partial charge in [0, 0.05) is 24.4 Å². The van der Waals surface area contributed by atoms with Gasteiger partial charge in [0.1, 0.15) is 11.8 Å². The predicted octanol–water partition coefficient (Wildman–Crippen LogP) is 0.337. The van der Waals surface area contributed by atoms with Crippen LogP contribution in [0.25, 0.3) is 0 Å². The first-order chi connectivity index (χ1) is 17.0. The fraction of sp³-hybridized carbons (Fsp3) is 0.560. The van der Waals surface area contributed by atoms with Crippen molar-refractivity contribution in [2.24, 2.45) is 5.73 Å². The Balaban J connectivity index is 1.38. The lowest BCUT2D eigenvalue weighted by atomic mass is 9.50. The van der Waals surface area contributed by atoms with Gasteiger partial charge in [0.05, 0.1) is 11.0 Å². The number of piperidine rings is 1. The highest BCUT2D eigenvalue weighted by molar-refractivity contribution is 5.80. The van der Waals surface area contributed by atoms with Gasteiger partial charge in [-0.1, -0.05) is 6.07 Å². The number of hydrogen-bond donors (Lipinski definition) is 4. The van der Waals surface area contributed by atoms with Gasteiger partial charge < -0.3 is 40.2 Å². The number of aliphatic hydroxyl groups is 1. The van der Waals surface area contributed by atoms with E-state index in [9.17, 15) is 24.6 Å². The van der Waals surface area contributed by atoms with E-state index in [-0.39, 0.29) is 36.8 Å². The van der Waals surface area contributed by atoms with Crippen molar-refractivity contribution in [1.82, 2.24) is 4.90 Å². The number of aliphatic carboxylic acids is 1. The standard InChI is InChI=1S/C25H30N2O9/c1-12(34-18(29)6-4-14(26)22(30)31)23(32)35-16-7-8-25(33)17-11-13-3-5-15(28)20-19(13)24(25,21(16)36-20)9-10-27(17)2/h3,5,7,12,14,17,21,28,33H,4,6,8-11,26H2,1-2H3,(H,30,31)/t12-,14-,17-,21-,24-,25+/m0/s1. The van der Waals surface area contributed by atoms with E-state index in [0.29, 0.717) is 25.1 Å². The minimum atomic E-state index is -1.26. The van der Waals surface area contributed by atoms with Crippen LogP contribution in [0.5, 0.6) is 11.5 Å². The highest BCUT2D eigenvalue weighted by atomic mass is 16.6. The van der Waals surface area contributed by atoms with Crippen molar-refractivity contribution in [2.75, 3.05) is 13.6 Å². The number of benzene rings is 1. The van der Waals surface area contributed by atoms with Gasteiger partial charge in [0.25, 0.3) is 0 Å². The number of likely N-dealkylation sites (tertiary alicyclic amines) is 1. The Kier molecular flexibility index (Phi) is 5.77. The van der Waals surface area contributed by atoms with Crippen molar-refractivity contribution in [3.8, 4) is 11.5 Å². The van der Waals surface area contributed by atoms with Crippen LogP contribution < -0.4 is 10.5 Å². The number of nitrogens with two attached hydrogens (primary N) is 1. The van der Waals surface area contributed by atoms with Crippen molar-refractivity contribution in [3.05, 3.63) is 35.1 Å². The Labute approximate surface area is 207 Å². The van der Waals surface area contributed by atoms with E-state index in [1.54, 1.807) is 12.1 Å². The van der Waals surface area contributed by atoms with E-state index in [1.165, 1.54) is 6.92 Å². The predicted molar refractivity (Wildman–Crippen MR) is 123 cm³/mol. The summed E-state index contributed by atoms with van der Waals surface area (Å²) in [5, 5.41) is 31.5. The van der Waals surface area contributed by atoms with Crippen LogP contribution in [-0.2, 0) is 35.7 Å². The minimum Gasteiger partial charge on any atom is -0.504 e. The van der Waals surface area contributed by atoms with E-state index in [0.717, 1.165) is 11.1 Å². The fourth-order valence-corrected chi connectivity index (χ4v) is 6.34. The molecule has 1 fully saturated rings. The molecular formula is C25H30N2O9. The zero-order valence-corrected chi connectivity index (χ0v) is 20.1. The van der Waals surface area contributed by atoms with Gasteiger partial charge in [-0.2, -0.15) is 0 Å². The molecule has 0 amide bonds. The zero-order valence-electron chi connectivity index (χ0n) is 20.1. The number of rotatable bonds is 7. The molecule has 2 aliphatic carbocycles. The highest BCUT2D eigenvalue weighted by Gasteiger charge is 2.72. The van der Waals surface area contributed by atoms with Gasteiger partial charge in [0.15, 0.2) is 23.7 Å². The Bertz CT molecular complexity index is 1170. The third-order valence-corrected chi connectivity index (χ3v) is 8.19. The number of carboxylic acid groups (broad SMARTS) is 1. The molecule has 2 aliphatic heterocycles. The molecule has 6 atom stereocenters. The molecule has 11 nitrogen and oxygen atoms in total. The molecule has 194 valence electrons. The van der Waals surface area contributed by atoms with Crippen molar-refractivity contribution in [1.29, 1.82) is 0 Å². The SMILES string of the molecule is C[C@H](OC(=O)CC[C@H](N)C(=O)O)C(=O)OC1=CC[C@@]2(O)[C@@H]3Cc4ccc(O)c5c4[C@@]2(CCN3C)[C@H]1O5. The summed E-state index contributed by atoms with van der Waals surface area (Å²) in [5.74, 6) is -2.37. The maximum absolute atomic E-state index is 12.9. The largest absolute Gasteiger partial charge is 0.504 e. The van der Waals surface area contributed by atoms with Crippen molar-refractivity contribution in [2.45, 2.75) is 74.3 Å². The van der Waals surface area contributed by atoms with Crippen LogP contribution >= 0.6 is 0 Å². The summed E-state index contributed by atoms with van der Waals surface area (Å²) in [7, 11) is 1.98. The second kappa shape index (κ2) is 8.46. The number of carbonyl (C=O) groups is 3. The van der Waals surface area contributed by atoms with Gasteiger partial charge in [-0.25, -0.2) is 4.79 Å². The first-order valence-electron chi connectivity index (χ1n) is 12.0. The molecule has 11 heteroatoms. The molecular weight excluding hydrogens is 472 g/mol. The number of carboxylic acids is 1. The first-order valence-corrected chi connectivity index (χ1v) is 12.0. The van der Waals surface area contributed by atoms with Crippen molar-refractivity contribution < 1.29 is 43.9 Å². The Hall–Kier alpha value is -3.15.